The molecule has 15 heavy (non-hydrogen) atoms. The molecule has 0 aromatic carbocycles. The standard InChI is InChI=1S/C11H20N4/c1-14-9-10(8-13-14)3-2-5-15-6-4-11(15)7-12/h8-9,11H,2-7,12H2,1H3. The molecule has 1 fully saturated rings. The molecule has 1 aromatic rings. The zero-order valence-electron chi connectivity index (χ0n) is 9.39. The fourth-order valence-corrected chi connectivity index (χ4v) is 2.14. The van der Waals surface area contributed by atoms with E-state index in [9.17, 15) is 0 Å². The minimum Gasteiger partial charge on any atom is -0.329 e. The van der Waals surface area contributed by atoms with Gasteiger partial charge in [-0.1, -0.05) is 0 Å². The maximum absolute atomic E-state index is 5.66. The van der Waals surface area contributed by atoms with E-state index < -0.39 is 0 Å². The maximum atomic E-state index is 5.66. The number of likely N-dealkylation sites (tertiary alicyclic amines) is 1. The van der Waals surface area contributed by atoms with Crippen molar-refractivity contribution in [1.82, 2.24) is 14.7 Å². The van der Waals surface area contributed by atoms with Gasteiger partial charge in [-0.3, -0.25) is 9.58 Å². The Labute approximate surface area is 91.1 Å². The summed E-state index contributed by atoms with van der Waals surface area (Å²) in [6.45, 7) is 3.22. The molecule has 1 aliphatic rings. The van der Waals surface area contributed by atoms with Crippen LogP contribution in [0.1, 0.15) is 18.4 Å². The molecule has 1 aliphatic heterocycles. The Bertz CT molecular complexity index is 305. The average Bonchev–Trinajstić information content (AvgIpc) is 2.58. The molecule has 2 heterocycles. The van der Waals surface area contributed by atoms with E-state index >= 15 is 0 Å². The van der Waals surface area contributed by atoms with Crippen LogP contribution in [0.5, 0.6) is 0 Å². The summed E-state index contributed by atoms with van der Waals surface area (Å²) in [4.78, 5) is 2.48. The summed E-state index contributed by atoms with van der Waals surface area (Å²) >= 11 is 0. The quantitative estimate of drug-likeness (QED) is 0.761. The molecule has 4 nitrogen and oxygen atoms in total. The van der Waals surface area contributed by atoms with E-state index in [1.54, 1.807) is 0 Å². The van der Waals surface area contributed by atoms with Crippen LogP contribution in [-0.4, -0.2) is 40.4 Å². The minimum absolute atomic E-state index is 0.652. The van der Waals surface area contributed by atoms with Crippen LogP contribution < -0.4 is 5.73 Å². The largest absolute Gasteiger partial charge is 0.329 e. The average molecular weight is 208 g/mol. The molecule has 0 spiro atoms. The second-order valence-electron chi connectivity index (χ2n) is 4.34. The second-order valence-corrected chi connectivity index (χ2v) is 4.34. The van der Waals surface area contributed by atoms with Crippen LogP contribution in [0.25, 0.3) is 0 Å². The molecule has 1 unspecified atom stereocenters. The number of hydrogen-bond acceptors (Lipinski definition) is 3. The first-order valence-electron chi connectivity index (χ1n) is 5.71. The van der Waals surface area contributed by atoms with Gasteiger partial charge < -0.3 is 5.73 Å². The van der Waals surface area contributed by atoms with E-state index in [0.29, 0.717) is 6.04 Å². The smallest absolute Gasteiger partial charge is 0.0521 e. The molecular formula is C11H20N4. The van der Waals surface area contributed by atoms with E-state index in [2.05, 4.69) is 16.2 Å². The van der Waals surface area contributed by atoms with Crippen molar-refractivity contribution in [3.63, 3.8) is 0 Å². The highest BCUT2D eigenvalue weighted by Crippen LogP contribution is 2.16. The van der Waals surface area contributed by atoms with E-state index in [1.807, 2.05) is 17.9 Å². The predicted octanol–water partition coefficient (Wildman–Crippen LogP) is 0.386. The molecule has 2 rings (SSSR count). The lowest BCUT2D eigenvalue weighted by Gasteiger charge is -2.40. The summed E-state index contributed by atoms with van der Waals surface area (Å²) in [7, 11) is 1.96. The van der Waals surface area contributed by atoms with Gasteiger partial charge in [-0.2, -0.15) is 5.10 Å². The third kappa shape index (κ3) is 2.58. The van der Waals surface area contributed by atoms with Gasteiger partial charge in [-0.05, 0) is 31.4 Å². The Balaban J connectivity index is 1.67. The molecule has 0 bridgehead atoms. The van der Waals surface area contributed by atoms with E-state index in [4.69, 9.17) is 5.73 Å². The Kier molecular flexibility index (Phi) is 3.38. The summed E-state index contributed by atoms with van der Waals surface area (Å²) in [6.07, 6.45) is 7.67. The normalized spacial score (nSPS) is 21.6. The van der Waals surface area contributed by atoms with Crippen LogP contribution in [0.15, 0.2) is 12.4 Å². The highest BCUT2D eigenvalue weighted by Gasteiger charge is 2.25. The fraction of sp³-hybridized carbons (Fsp3) is 0.727. The number of aryl methyl sites for hydroxylation is 2. The number of aromatic nitrogens is 2. The van der Waals surface area contributed by atoms with Crippen molar-refractivity contribution < 1.29 is 0 Å². The fourth-order valence-electron chi connectivity index (χ4n) is 2.14. The number of nitrogens with two attached hydrogens (primary N) is 1. The van der Waals surface area contributed by atoms with Crippen molar-refractivity contribution >= 4 is 0 Å². The van der Waals surface area contributed by atoms with Gasteiger partial charge in [-0.25, -0.2) is 0 Å². The van der Waals surface area contributed by atoms with Gasteiger partial charge in [-0.15, -0.1) is 0 Å². The van der Waals surface area contributed by atoms with Crippen molar-refractivity contribution in [3.05, 3.63) is 18.0 Å². The van der Waals surface area contributed by atoms with Gasteiger partial charge in [0.1, 0.15) is 0 Å². The molecule has 0 radical (unpaired) electrons. The molecule has 1 atom stereocenters. The van der Waals surface area contributed by atoms with Crippen LogP contribution in [0.4, 0.5) is 0 Å². The first-order chi connectivity index (χ1) is 7.29. The molecule has 1 saturated heterocycles. The van der Waals surface area contributed by atoms with Crippen LogP contribution in [-0.2, 0) is 13.5 Å². The summed E-state index contributed by atoms with van der Waals surface area (Å²) in [6, 6.07) is 0.652. The third-order valence-electron chi connectivity index (χ3n) is 3.21. The van der Waals surface area contributed by atoms with Gasteiger partial charge in [0.2, 0.25) is 0 Å². The minimum atomic E-state index is 0.652. The highest BCUT2D eigenvalue weighted by molar-refractivity contribution is 5.03. The molecule has 0 saturated carbocycles. The first-order valence-corrected chi connectivity index (χ1v) is 5.71. The van der Waals surface area contributed by atoms with Crippen molar-refractivity contribution in [1.29, 1.82) is 0 Å². The van der Waals surface area contributed by atoms with Crippen LogP contribution in [0, 0.1) is 0 Å². The molecule has 2 N–H and O–H groups in total. The number of rotatable bonds is 5. The summed E-state index contributed by atoms with van der Waals surface area (Å²) in [5.41, 5.74) is 6.99. The van der Waals surface area contributed by atoms with Gasteiger partial charge in [0.05, 0.1) is 6.20 Å². The van der Waals surface area contributed by atoms with Crippen LogP contribution in [0.2, 0.25) is 0 Å². The Morgan fingerprint density at radius 3 is 3.00 bits per heavy atom. The van der Waals surface area contributed by atoms with E-state index in [0.717, 1.165) is 13.0 Å². The second kappa shape index (κ2) is 4.77. The lowest BCUT2D eigenvalue weighted by Crippen LogP contribution is -2.51. The van der Waals surface area contributed by atoms with Crippen molar-refractivity contribution in [2.45, 2.75) is 25.3 Å². The molecule has 0 aliphatic carbocycles. The summed E-state index contributed by atoms with van der Waals surface area (Å²) in [5, 5.41) is 4.16. The Morgan fingerprint density at radius 2 is 2.47 bits per heavy atom. The van der Waals surface area contributed by atoms with Crippen molar-refractivity contribution in [2.24, 2.45) is 12.8 Å². The van der Waals surface area contributed by atoms with Gasteiger partial charge in [0.15, 0.2) is 0 Å². The maximum Gasteiger partial charge on any atom is 0.0521 e. The highest BCUT2D eigenvalue weighted by atomic mass is 15.2. The van der Waals surface area contributed by atoms with E-state index in [1.165, 1.54) is 31.5 Å². The number of hydrogen-bond donors (Lipinski definition) is 1. The topological polar surface area (TPSA) is 47.1 Å². The Morgan fingerprint density at radius 1 is 1.60 bits per heavy atom. The van der Waals surface area contributed by atoms with Crippen molar-refractivity contribution in [2.75, 3.05) is 19.6 Å². The molecule has 84 valence electrons. The summed E-state index contributed by atoms with van der Waals surface area (Å²) in [5.74, 6) is 0. The van der Waals surface area contributed by atoms with Crippen LogP contribution >= 0.6 is 0 Å². The van der Waals surface area contributed by atoms with Gasteiger partial charge >= 0.3 is 0 Å². The third-order valence-corrected chi connectivity index (χ3v) is 3.21. The lowest BCUT2D eigenvalue weighted by molar-refractivity contribution is 0.0956. The molecule has 0 amide bonds. The molecule has 4 heteroatoms. The van der Waals surface area contributed by atoms with Crippen molar-refractivity contribution in [3.8, 4) is 0 Å². The Hall–Kier alpha value is -0.870. The molecule has 1 aromatic heterocycles. The van der Waals surface area contributed by atoms with Crippen LogP contribution in [0.3, 0.4) is 0 Å². The lowest BCUT2D eigenvalue weighted by atomic mass is 10.0. The predicted molar refractivity (Wildman–Crippen MR) is 60.6 cm³/mol. The SMILES string of the molecule is Cn1cc(CCCN2CCC2CN)cn1. The zero-order chi connectivity index (χ0) is 10.7. The monoisotopic (exact) mass is 208 g/mol. The molecular weight excluding hydrogens is 188 g/mol. The van der Waals surface area contributed by atoms with Gasteiger partial charge in [0, 0.05) is 32.4 Å². The van der Waals surface area contributed by atoms with E-state index in [-0.39, 0.29) is 0 Å². The zero-order valence-corrected chi connectivity index (χ0v) is 9.39. The van der Waals surface area contributed by atoms with Gasteiger partial charge in [0.25, 0.3) is 0 Å². The first kappa shape index (κ1) is 10.6. The number of nitrogens with zero attached hydrogens (tertiary/aromatic N) is 3. The summed E-state index contributed by atoms with van der Waals surface area (Å²) < 4.78 is 1.86.